The van der Waals surface area contributed by atoms with Crippen LogP contribution in [0.4, 0.5) is 0 Å². The van der Waals surface area contributed by atoms with Gasteiger partial charge in [0.1, 0.15) is 5.58 Å². The number of pyridine rings is 2. The van der Waals surface area contributed by atoms with Gasteiger partial charge in [0.05, 0.1) is 28.1 Å². The Labute approximate surface area is 388 Å². The van der Waals surface area contributed by atoms with Crippen LogP contribution in [0, 0.1) is 25.9 Å². The Hall–Kier alpha value is -5.14. The van der Waals surface area contributed by atoms with Crippen molar-refractivity contribution in [1.82, 2.24) is 19.5 Å². The third kappa shape index (κ3) is 8.75. The number of hydrogen-bond donors (Lipinski definition) is 0. The van der Waals surface area contributed by atoms with E-state index in [9.17, 15) is 0 Å². The first-order valence-corrected chi connectivity index (χ1v) is 28.7. The minimum atomic E-state index is -2.09. The molecule has 0 amide bonds. The molecule has 0 atom stereocenters. The summed E-state index contributed by atoms with van der Waals surface area (Å²) >= 11 is -1.97. The van der Waals surface area contributed by atoms with Crippen molar-refractivity contribution in [3.63, 3.8) is 0 Å². The molecule has 1 radical (unpaired) electrons. The number of para-hydroxylation sites is 1. The molecule has 317 valence electrons. The molecule has 0 N–H and O–H groups in total. The Kier molecular flexibility index (Phi) is 12.1. The van der Waals surface area contributed by atoms with Crippen LogP contribution in [0.15, 0.2) is 126 Å². The van der Waals surface area contributed by atoms with Crippen molar-refractivity contribution in [3.8, 4) is 39.5 Å². The van der Waals surface area contributed by atoms with E-state index in [0.29, 0.717) is 11.5 Å². The van der Waals surface area contributed by atoms with E-state index in [4.69, 9.17) is 18.5 Å². The van der Waals surface area contributed by atoms with Gasteiger partial charge in [-0.05, 0) is 65.3 Å². The largest absolute Gasteiger partial charge is 0 e. The zero-order chi connectivity index (χ0) is 45.7. The molecule has 62 heavy (non-hydrogen) atoms. The fourth-order valence-electron chi connectivity index (χ4n) is 8.35. The van der Waals surface area contributed by atoms with Crippen LogP contribution in [0.25, 0.3) is 72.4 Å². The van der Waals surface area contributed by atoms with Crippen LogP contribution in [-0.2, 0) is 20.1 Å². The Morgan fingerprint density at radius 3 is 2.06 bits per heavy atom. The van der Waals surface area contributed by atoms with Crippen molar-refractivity contribution in [2.75, 3.05) is 0 Å². The number of benzene rings is 5. The number of rotatable bonds is 8. The van der Waals surface area contributed by atoms with Crippen LogP contribution in [0.2, 0.25) is 17.3 Å². The molecule has 0 saturated heterocycles. The first kappa shape index (κ1) is 40.9. The first-order chi connectivity index (χ1) is 30.4. The molecule has 0 fully saturated rings. The van der Waals surface area contributed by atoms with Gasteiger partial charge in [0.2, 0.25) is 0 Å². The zero-order valence-corrected chi connectivity index (χ0v) is 41.8. The molecule has 9 aromatic rings. The van der Waals surface area contributed by atoms with E-state index in [-0.39, 0.29) is 31.9 Å². The van der Waals surface area contributed by atoms with E-state index in [1.54, 1.807) is 18.2 Å². The molecular weight excluding hydrogens is 997 g/mol. The molecule has 4 aromatic heterocycles. The number of aryl methyl sites for hydroxylation is 2. The van der Waals surface area contributed by atoms with Crippen LogP contribution in [0.1, 0.15) is 91.4 Å². The van der Waals surface area contributed by atoms with E-state index in [1.165, 1.54) is 37.9 Å². The molecule has 4 heterocycles. The molecule has 5 aromatic carbocycles. The molecule has 0 aliphatic carbocycles. The Balaban J connectivity index is 0.000000225. The molecular formula is C55H56GeIrN4O-2. The molecule has 0 aliphatic rings. The number of fused-ring (bicyclic) bond motifs is 4. The summed E-state index contributed by atoms with van der Waals surface area (Å²) in [5.41, 5.74) is 14.9. The number of nitrogens with zero attached hydrogens (tertiary/aromatic N) is 4. The van der Waals surface area contributed by atoms with Crippen molar-refractivity contribution in [2.24, 2.45) is 0 Å². The van der Waals surface area contributed by atoms with E-state index in [1.807, 2.05) is 36.7 Å². The van der Waals surface area contributed by atoms with Gasteiger partial charge < -0.3 is 8.98 Å². The van der Waals surface area contributed by atoms with Crippen LogP contribution in [-0.4, -0.2) is 32.8 Å². The number of hydrogen-bond acceptors (Lipinski definition) is 4. The average Bonchev–Trinajstić information content (AvgIpc) is 3.85. The SMILES string of the molecule is Cc1nccc2nc(-c3[c-]ccc4c3oc3ccccc34)n(-c3c(C(C)C)cc(-c4ccccc4)cc3C(C)C)c12.[2H]C([2H])([2H])c1c[c-]c(-c2cc(C(C)C)[c]([Ge]([CH3])([CH3])[CH3])cn2)cc1.[Ir]. The van der Waals surface area contributed by atoms with Crippen LogP contribution < -0.4 is 4.40 Å². The third-order valence-corrected chi connectivity index (χ3v) is 15.8. The Bertz CT molecular complexity index is 3100. The van der Waals surface area contributed by atoms with Gasteiger partial charge >= 0.3 is 130 Å². The summed E-state index contributed by atoms with van der Waals surface area (Å²) < 4.78 is 32.6. The summed E-state index contributed by atoms with van der Waals surface area (Å²) in [5.74, 6) is 8.94. The van der Waals surface area contributed by atoms with Crippen LogP contribution in [0.5, 0.6) is 0 Å². The van der Waals surface area contributed by atoms with Crippen LogP contribution in [0.3, 0.4) is 0 Å². The van der Waals surface area contributed by atoms with Gasteiger partial charge in [0.15, 0.2) is 0 Å². The second kappa shape index (κ2) is 18.3. The number of aromatic nitrogens is 4. The van der Waals surface area contributed by atoms with Gasteiger partial charge in [-0.1, -0.05) is 87.2 Å². The summed E-state index contributed by atoms with van der Waals surface area (Å²) in [6, 6.07) is 43.4. The molecule has 7 heteroatoms. The Morgan fingerprint density at radius 2 is 1.42 bits per heavy atom. The summed E-state index contributed by atoms with van der Waals surface area (Å²) in [6.07, 6.45) is 3.87. The molecule has 5 nitrogen and oxygen atoms in total. The summed E-state index contributed by atoms with van der Waals surface area (Å²) in [4.78, 5) is 14.6. The average molecular weight is 1060 g/mol. The van der Waals surface area contributed by atoms with E-state index in [2.05, 4.69) is 154 Å². The zero-order valence-electron chi connectivity index (χ0n) is 40.3. The predicted molar refractivity (Wildman–Crippen MR) is 259 cm³/mol. The molecule has 0 bridgehead atoms. The Morgan fingerprint density at radius 1 is 0.726 bits per heavy atom. The van der Waals surface area contributed by atoms with E-state index < -0.39 is 20.1 Å². The molecule has 9 rings (SSSR count). The maximum absolute atomic E-state index is 7.44. The molecule has 0 unspecified atom stereocenters. The van der Waals surface area contributed by atoms with Gasteiger partial charge in [-0.15, -0.1) is 18.2 Å². The standard InChI is InChI=1S/C37H32N3O.C18H24GeN.Ir/c1-22(2)30-20-26(25-12-7-6-8-13-25)21-31(23(3)4)35(30)40-34-24(5)38-19-18-32(34)39-37(40)29-16-11-15-28-27-14-9-10-17-33(27)41-36(28)29;1-13(2)16-11-18(15-9-7-14(3)8-10-15)20-12-17(16)19(4,5)6;/h6-15,17-23H,1-5H3;7-9,11-13H,1-6H3;/q2*-1;/i;3D3;. The van der Waals surface area contributed by atoms with Crippen molar-refractivity contribution in [2.45, 2.75) is 90.3 Å². The predicted octanol–water partition coefficient (Wildman–Crippen LogP) is 14.5. The van der Waals surface area contributed by atoms with Gasteiger partial charge in [-0.3, -0.25) is 9.97 Å². The first-order valence-electron chi connectivity index (χ1n) is 22.8. The van der Waals surface area contributed by atoms with E-state index in [0.717, 1.165) is 61.3 Å². The summed E-state index contributed by atoms with van der Waals surface area (Å²) in [6.45, 7) is 13.5. The second-order valence-corrected chi connectivity index (χ2v) is 28.5. The summed E-state index contributed by atoms with van der Waals surface area (Å²) in [5, 5.41) is 2.16. The fourth-order valence-corrected chi connectivity index (χ4v) is 11.9. The smallest absolute Gasteiger partial charge is 0 e. The van der Waals surface area contributed by atoms with Crippen molar-refractivity contribution in [1.29, 1.82) is 0 Å². The van der Waals surface area contributed by atoms with E-state index >= 15 is 0 Å². The second-order valence-electron chi connectivity index (χ2n) is 18.0. The van der Waals surface area contributed by atoms with Crippen molar-refractivity contribution < 1.29 is 28.6 Å². The monoisotopic (exact) mass is 1060 g/mol. The maximum Gasteiger partial charge on any atom is 0 e. The molecule has 0 aliphatic heterocycles. The topological polar surface area (TPSA) is 56.7 Å². The number of imidazole rings is 1. The normalized spacial score (nSPS) is 12.7. The third-order valence-electron chi connectivity index (χ3n) is 11.5. The maximum atomic E-state index is 7.44. The molecule has 0 saturated carbocycles. The minimum absolute atomic E-state index is 0. The quantitative estimate of drug-likeness (QED) is 0.112. The van der Waals surface area contributed by atoms with Crippen LogP contribution >= 0.6 is 0 Å². The van der Waals surface area contributed by atoms with Gasteiger partial charge in [-0.25, -0.2) is 0 Å². The fraction of sp³-hybridized carbons (Fsp3) is 0.255. The van der Waals surface area contributed by atoms with Crippen molar-refractivity contribution >= 4 is 50.6 Å². The van der Waals surface area contributed by atoms with Gasteiger partial charge in [0.25, 0.3) is 0 Å². The minimum Gasteiger partial charge on any atom is 0 e. The van der Waals surface area contributed by atoms with Gasteiger partial charge in [0, 0.05) is 37.4 Å². The van der Waals surface area contributed by atoms with Gasteiger partial charge in [-0.2, -0.15) is 0 Å². The molecule has 0 spiro atoms. The number of furan rings is 1. The van der Waals surface area contributed by atoms with Crippen molar-refractivity contribution in [3.05, 3.63) is 162 Å². The summed E-state index contributed by atoms with van der Waals surface area (Å²) in [7, 11) is 0.